The quantitative estimate of drug-likeness (QED) is 0.360. The number of rotatable bonds is 8. The van der Waals surface area contributed by atoms with Crippen LogP contribution in [-0.2, 0) is 31.3 Å². The van der Waals surface area contributed by atoms with E-state index >= 15 is 0 Å². The van der Waals surface area contributed by atoms with E-state index in [1.54, 1.807) is 4.57 Å². The number of aromatic nitrogens is 4. The predicted octanol–water partition coefficient (Wildman–Crippen LogP) is -0.779. The van der Waals surface area contributed by atoms with Crippen LogP contribution in [0, 0.1) is 63.7 Å². The molecule has 2 N–H and O–H groups in total. The maximum atomic E-state index is 12.6. The molecule has 3 heterocycles. The van der Waals surface area contributed by atoms with E-state index in [2.05, 4.69) is 15.0 Å². The van der Waals surface area contributed by atoms with Gasteiger partial charge in [-0.1, -0.05) is 6.10 Å². The number of fused-ring (bicyclic) bond motifs is 1. The molecule has 2 aromatic heterocycles. The Labute approximate surface area is 211 Å². The van der Waals surface area contributed by atoms with Crippen LogP contribution in [0.1, 0.15) is 6.23 Å². The van der Waals surface area contributed by atoms with Gasteiger partial charge in [-0.2, -0.15) is 0 Å². The number of hydrogen-bond acceptors (Lipinski definition) is 9. The van der Waals surface area contributed by atoms with Gasteiger partial charge in [0.25, 0.3) is 0 Å². The fourth-order valence-corrected chi connectivity index (χ4v) is 3.56. The SMILES string of the molecule is Nc1ncnc2c1ncn2C1OC(C[O-])C([O-])C1OCCOC[C]1[CH][CH][CH][CH]1.[CH]1[CH][CH][CH][CH]1.[Fe+2]. The molecule has 4 atom stereocenters. The first-order valence-electron chi connectivity index (χ1n) is 10.6. The third-order valence-electron chi connectivity index (χ3n) is 5.20. The van der Waals surface area contributed by atoms with E-state index in [0.29, 0.717) is 24.4 Å². The molecule has 10 nitrogen and oxygen atoms in total. The van der Waals surface area contributed by atoms with Crippen molar-refractivity contribution in [1.82, 2.24) is 19.5 Å². The minimum absolute atomic E-state index is 0. The fourth-order valence-electron chi connectivity index (χ4n) is 3.56. The molecule has 2 saturated carbocycles. The summed E-state index contributed by atoms with van der Waals surface area (Å²) in [6.45, 7) is 0.317. The number of imidazole rings is 1. The summed E-state index contributed by atoms with van der Waals surface area (Å²) in [4.78, 5) is 12.2. The van der Waals surface area contributed by atoms with Crippen molar-refractivity contribution in [3.63, 3.8) is 0 Å². The molecule has 0 spiro atoms. The van der Waals surface area contributed by atoms with E-state index in [1.165, 1.54) is 12.7 Å². The van der Waals surface area contributed by atoms with Crippen molar-refractivity contribution in [2.75, 3.05) is 32.2 Å². The molecule has 3 fully saturated rings. The summed E-state index contributed by atoms with van der Waals surface area (Å²) >= 11 is 0. The standard InChI is InChI=1S/C18H20N5O5.C5H5.Fe/c19-16-13-17(21-9-20-16)23(10-22-13)18-15(14(25)12(7-24)28-18)27-6-5-26-8-11-3-1-2-4-11;1-2-4-5-3-1;/h1-4,9-10,12,14-15,18H,5-8H2,(H2,19,20,21);1-5H;/q-2;;+2. The fraction of sp³-hybridized carbons (Fsp3) is 0.348. The van der Waals surface area contributed by atoms with Crippen LogP contribution >= 0.6 is 0 Å². The molecule has 0 bridgehead atoms. The van der Waals surface area contributed by atoms with Gasteiger partial charge in [0.2, 0.25) is 0 Å². The first-order chi connectivity index (χ1) is 16.2. The maximum absolute atomic E-state index is 12.6. The molecule has 34 heavy (non-hydrogen) atoms. The van der Waals surface area contributed by atoms with Crippen LogP contribution in [0.3, 0.4) is 0 Å². The van der Waals surface area contributed by atoms with Crippen LogP contribution in [0.15, 0.2) is 12.7 Å². The molecule has 0 amide bonds. The Morgan fingerprint density at radius 3 is 2.38 bits per heavy atom. The molecule has 10 radical (unpaired) electrons. The van der Waals surface area contributed by atoms with E-state index in [1.807, 2.05) is 57.8 Å². The van der Waals surface area contributed by atoms with Crippen molar-refractivity contribution >= 4 is 17.0 Å². The Hall–Kier alpha value is -1.33. The zero-order valence-corrected chi connectivity index (χ0v) is 19.4. The second-order valence-electron chi connectivity index (χ2n) is 7.42. The molecule has 1 saturated heterocycles. The summed E-state index contributed by atoms with van der Waals surface area (Å²) in [6.07, 6.45) is 16.5. The van der Waals surface area contributed by atoms with Gasteiger partial charge < -0.3 is 30.2 Å². The van der Waals surface area contributed by atoms with Crippen molar-refractivity contribution < 1.29 is 41.5 Å². The second kappa shape index (κ2) is 13.7. The van der Waals surface area contributed by atoms with Crippen molar-refractivity contribution in [3.8, 4) is 0 Å². The van der Waals surface area contributed by atoms with Gasteiger partial charge >= 0.3 is 17.1 Å². The molecule has 2 aliphatic carbocycles. The van der Waals surface area contributed by atoms with Crippen molar-refractivity contribution in [1.29, 1.82) is 0 Å². The second-order valence-corrected chi connectivity index (χ2v) is 7.42. The summed E-state index contributed by atoms with van der Waals surface area (Å²) in [5.41, 5.74) is 6.62. The van der Waals surface area contributed by atoms with Gasteiger partial charge in [0, 0.05) is 12.0 Å². The average molecular weight is 507 g/mol. The normalized spacial score (nSPS) is 27.0. The molecule has 5 rings (SSSR count). The topological polar surface area (TPSA) is 143 Å². The summed E-state index contributed by atoms with van der Waals surface area (Å²) < 4.78 is 18.5. The summed E-state index contributed by atoms with van der Waals surface area (Å²) in [6, 6.07) is 0. The smallest absolute Gasteiger partial charge is 0.853 e. The van der Waals surface area contributed by atoms with Gasteiger partial charge in [-0.05, 0) is 57.8 Å². The van der Waals surface area contributed by atoms with Gasteiger partial charge in [0.05, 0.1) is 32.3 Å². The maximum Gasteiger partial charge on any atom is 2.00 e. The molecular weight excluding hydrogens is 482 g/mol. The summed E-state index contributed by atoms with van der Waals surface area (Å²) in [5.74, 6) is 1.29. The van der Waals surface area contributed by atoms with E-state index < -0.39 is 31.1 Å². The van der Waals surface area contributed by atoms with Crippen LogP contribution in [-0.4, -0.2) is 64.3 Å². The van der Waals surface area contributed by atoms with Gasteiger partial charge in [-0.15, -0.1) is 6.61 Å². The number of anilines is 1. The van der Waals surface area contributed by atoms with Crippen LogP contribution < -0.4 is 15.9 Å². The minimum Gasteiger partial charge on any atom is -0.853 e. The molecule has 180 valence electrons. The Balaban J connectivity index is 0.000000481. The number of hydrogen-bond donors (Lipinski definition) is 1. The third-order valence-corrected chi connectivity index (χ3v) is 5.20. The molecule has 1 aliphatic heterocycles. The first kappa shape index (κ1) is 27.3. The van der Waals surface area contributed by atoms with Crippen LogP contribution in [0.4, 0.5) is 5.82 Å². The van der Waals surface area contributed by atoms with Crippen molar-refractivity contribution in [2.24, 2.45) is 0 Å². The zero-order chi connectivity index (χ0) is 23.0. The molecule has 2 aromatic rings. The van der Waals surface area contributed by atoms with Gasteiger partial charge in [-0.3, -0.25) is 4.57 Å². The largest absolute Gasteiger partial charge is 2.00 e. The monoisotopic (exact) mass is 507 g/mol. The Morgan fingerprint density at radius 1 is 1.00 bits per heavy atom. The summed E-state index contributed by atoms with van der Waals surface area (Å²) in [5, 5.41) is 23.9. The van der Waals surface area contributed by atoms with E-state index in [0.717, 1.165) is 5.92 Å². The summed E-state index contributed by atoms with van der Waals surface area (Å²) in [7, 11) is 0. The molecule has 0 aromatic carbocycles. The third kappa shape index (κ3) is 6.66. The zero-order valence-electron chi connectivity index (χ0n) is 18.2. The van der Waals surface area contributed by atoms with Crippen LogP contribution in [0.5, 0.6) is 0 Å². The average Bonchev–Trinajstić information content (AvgIpc) is 3.63. The first-order valence-corrected chi connectivity index (χ1v) is 10.6. The Kier molecular flexibility index (Phi) is 11.0. The van der Waals surface area contributed by atoms with Crippen LogP contribution in [0.2, 0.25) is 0 Å². The van der Waals surface area contributed by atoms with Crippen molar-refractivity contribution in [3.05, 3.63) is 76.4 Å². The van der Waals surface area contributed by atoms with E-state index in [4.69, 9.17) is 19.9 Å². The Morgan fingerprint density at radius 2 is 1.71 bits per heavy atom. The van der Waals surface area contributed by atoms with Crippen molar-refractivity contribution in [2.45, 2.75) is 24.5 Å². The number of nitrogens with two attached hydrogens (primary N) is 1. The van der Waals surface area contributed by atoms with Gasteiger partial charge in [-0.25, -0.2) is 15.0 Å². The molecule has 11 heteroatoms. The molecule has 4 unspecified atom stereocenters. The van der Waals surface area contributed by atoms with E-state index in [-0.39, 0.29) is 29.5 Å². The number of nitrogen functional groups attached to an aromatic ring is 1. The van der Waals surface area contributed by atoms with Crippen LogP contribution in [0.25, 0.3) is 11.2 Å². The van der Waals surface area contributed by atoms with E-state index in [9.17, 15) is 10.2 Å². The molecular formula is C23H25FeN5O5. The number of ether oxygens (including phenoxy) is 3. The minimum atomic E-state index is -1.32. The van der Waals surface area contributed by atoms with Gasteiger partial charge in [0.15, 0.2) is 17.7 Å². The Bertz CT molecular complexity index is 854. The van der Waals surface area contributed by atoms with Gasteiger partial charge in [0.1, 0.15) is 11.8 Å². The predicted molar refractivity (Wildman–Crippen MR) is 115 cm³/mol. The number of nitrogens with zero attached hydrogens (tertiary/aromatic N) is 4. The molecule has 3 aliphatic rings.